The highest BCUT2D eigenvalue weighted by Gasteiger charge is 2.07. The van der Waals surface area contributed by atoms with Crippen molar-refractivity contribution in [2.45, 2.75) is 13.2 Å². The summed E-state index contributed by atoms with van der Waals surface area (Å²) in [5, 5.41) is 9.13. The predicted octanol–water partition coefficient (Wildman–Crippen LogP) is 1.27. The smallest absolute Gasteiger partial charge is 0.123 e. The molecule has 0 saturated carbocycles. The van der Waals surface area contributed by atoms with Gasteiger partial charge in [0.2, 0.25) is 0 Å². The van der Waals surface area contributed by atoms with Crippen LogP contribution in [0, 0.1) is 0 Å². The zero-order valence-corrected chi connectivity index (χ0v) is 10.8. The highest BCUT2D eigenvalue weighted by molar-refractivity contribution is 5.37. The first kappa shape index (κ1) is 14.0. The molecule has 0 unspecified atom stereocenters. The number of aliphatic hydroxyl groups is 1. The third kappa shape index (κ3) is 4.34. The van der Waals surface area contributed by atoms with Crippen molar-refractivity contribution in [1.29, 1.82) is 0 Å². The molecule has 0 saturated heterocycles. The summed E-state index contributed by atoms with van der Waals surface area (Å²) in [6.07, 6.45) is 0. The molecule has 0 fully saturated rings. The molecule has 0 aromatic heterocycles. The van der Waals surface area contributed by atoms with Crippen LogP contribution in [0.25, 0.3) is 0 Å². The number of benzene rings is 1. The topological polar surface area (TPSA) is 41.9 Å². The molecular formula is C13H21NO3. The van der Waals surface area contributed by atoms with Gasteiger partial charge in [-0.1, -0.05) is 6.07 Å². The monoisotopic (exact) mass is 239 g/mol. The first-order chi connectivity index (χ1) is 8.21. The molecule has 4 nitrogen and oxygen atoms in total. The van der Waals surface area contributed by atoms with Crippen molar-refractivity contribution < 1.29 is 14.6 Å². The van der Waals surface area contributed by atoms with E-state index in [1.165, 1.54) is 0 Å². The van der Waals surface area contributed by atoms with Crippen molar-refractivity contribution in [3.8, 4) is 5.75 Å². The van der Waals surface area contributed by atoms with Crippen LogP contribution in [0.15, 0.2) is 18.2 Å². The summed E-state index contributed by atoms with van der Waals surface area (Å²) in [4.78, 5) is 2.16. The standard InChI is InChI=1S/C13H21NO3/c1-14(6-7-16-2)9-12-8-11(10-15)4-5-13(12)17-3/h4-5,8,15H,6-7,9-10H2,1-3H3. The Hall–Kier alpha value is -1.10. The van der Waals surface area contributed by atoms with Gasteiger partial charge in [-0.05, 0) is 24.7 Å². The van der Waals surface area contributed by atoms with Crippen LogP contribution in [0.2, 0.25) is 0 Å². The van der Waals surface area contributed by atoms with E-state index in [0.717, 1.165) is 30.0 Å². The predicted molar refractivity (Wildman–Crippen MR) is 67.1 cm³/mol. The molecule has 0 heterocycles. The van der Waals surface area contributed by atoms with E-state index in [1.54, 1.807) is 14.2 Å². The number of hydrogen-bond donors (Lipinski definition) is 1. The maximum Gasteiger partial charge on any atom is 0.123 e. The molecule has 17 heavy (non-hydrogen) atoms. The third-order valence-electron chi connectivity index (χ3n) is 2.64. The molecule has 0 spiro atoms. The van der Waals surface area contributed by atoms with Crippen LogP contribution in [-0.4, -0.2) is 44.4 Å². The first-order valence-corrected chi connectivity index (χ1v) is 5.65. The lowest BCUT2D eigenvalue weighted by atomic mass is 10.1. The fourth-order valence-corrected chi connectivity index (χ4v) is 1.67. The quantitative estimate of drug-likeness (QED) is 0.778. The minimum absolute atomic E-state index is 0.0543. The molecule has 1 rings (SSSR count). The number of likely N-dealkylation sites (N-methyl/N-ethyl adjacent to an activating group) is 1. The second-order valence-corrected chi connectivity index (χ2v) is 4.03. The van der Waals surface area contributed by atoms with Gasteiger partial charge in [-0.2, -0.15) is 0 Å². The maximum atomic E-state index is 9.13. The Bertz CT molecular complexity index is 341. The fourth-order valence-electron chi connectivity index (χ4n) is 1.67. The maximum absolute atomic E-state index is 9.13. The molecule has 96 valence electrons. The van der Waals surface area contributed by atoms with Gasteiger partial charge < -0.3 is 14.6 Å². The molecule has 0 aliphatic heterocycles. The molecule has 0 radical (unpaired) electrons. The summed E-state index contributed by atoms with van der Waals surface area (Å²) in [6.45, 7) is 2.40. The van der Waals surface area contributed by atoms with Crippen molar-refractivity contribution in [3.63, 3.8) is 0 Å². The number of aliphatic hydroxyl groups excluding tert-OH is 1. The van der Waals surface area contributed by atoms with E-state index in [-0.39, 0.29) is 6.61 Å². The van der Waals surface area contributed by atoms with E-state index < -0.39 is 0 Å². The van der Waals surface area contributed by atoms with Crippen molar-refractivity contribution in [1.82, 2.24) is 4.90 Å². The number of ether oxygens (including phenoxy) is 2. The molecule has 4 heteroatoms. The van der Waals surface area contributed by atoms with Gasteiger partial charge in [0.15, 0.2) is 0 Å². The number of rotatable bonds is 7. The summed E-state index contributed by atoms with van der Waals surface area (Å²) in [6, 6.07) is 5.74. The zero-order chi connectivity index (χ0) is 12.7. The van der Waals surface area contributed by atoms with Crippen LogP contribution in [0.5, 0.6) is 5.75 Å². The molecule has 0 aliphatic rings. The fraction of sp³-hybridized carbons (Fsp3) is 0.538. The summed E-state index contributed by atoms with van der Waals surface area (Å²) in [5.41, 5.74) is 1.98. The normalized spacial score (nSPS) is 10.9. The van der Waals surface area contributed by atoms with E-state index >= 15 is 0 Å². The molecule has 1 aromatic rings. The zero-order valence-electron chi connectivity index (χ0n) is 10.8. The van der Waals surface area contributed by atoms with Gasteiger partial charge in [0.1, 0.15) is 5.75 Å². The van der Waals surface area contributed by atoms with Crippen molar-refractivity contribution in [3.05, 3.63) is 29.3 Å². The Morgan fingerprint density at radius 2 is 2.06 bits per heavy atom. The summed E-state index contributed by atoms with van der Waals surface area (Å²) in [7, 11) is 5.39. The van der Waals surface area contributed by atoms with E-state index in [4.69, 9.17) is 14.6 Å². The summed E-state index contributed by atoms with van der Waals surface area (Å²) < 4.78 is 10.3. The first-order valence-electron chi connectivity index (χ1n) is 5.65. The Morgan fingerprint density at radius 1 is 1.29 bits per heavy atom. The molecule has 0 bridgehead atoms. The van der Waals surface area contributed by atoms with Crippen molar-refractivity contribution in [2.24, 2.45) is 0 Å². The minimum Gasteiger partial charge on any atom is -0.496 e. The van der Waals surface area contributed by atoms with Crippen molar-refractivity contribution >= 4 is 0 Å². The molecule has 1 N–H and O–H groups in total. The minimum atomic E-state index is 0.0543. The van der Waals surface area contributed by atoms with Crippen LogP contribution < -0.4 is 4.74 Å². The van der Waals surface area contributed by atoms with Gasteiger partial charge in [-0.25, -0.2) is 0 Å². The highest BCUT2D eigenvalue weighted by atomic mass is 16.5. The average molecular weight is 239 g/mol. The Kier molecular flexibility index (Phi) is 5.97. The lowest BCUT2D eigenvalue weighted by Crippen LogP contribution is -2.22. The number of hydrogen-bond acceptors (Lipinski definition) is 4. The van der Waals surface area contributed by atoms with Crippen LogP contribution in [0.3, 0.4) is 0 Å². The van der Waals surface area contributed by atoms with Gasteiger partial charge in [0.25, 0.3) is 0 Å². The van der Waals surface area contributed by atoms with Crippen LogP contribution in [0.1, 0.15) is 11.1 Å². The van der Waals surface area contributed by atoms with Gasteiger partial charge in [-0.3, -0.25) is 4.90 Å². The highest BCUT2D eigenvalue weighted by Crippen LogP contribution is 2.21. The van der Waals surface area contributed by atoms with E-state index in [1.807, 2.05) is 25.2 Å². The van der Waals surface area contributed by atoms with E-state index in [9.17, 15) is 0 Å². The second kappa shape index (κ2) is 7.27. The second-order valence-electron chi connectivity index (χ2n) is 4.03. The molecule has 1 aromatic carbocycles. The van der Waals surface area contributed by atoms with Gasteiger partial charge >= 0.3 is 0 Å². The SMILES string of the molecule is COCCN(C)Cc1cc(CO)ccc1OC. The summed E-state index contributed by atoms with van der Waals surface area (Å²) >= 11 is 0. The van der Waals surface area contributed by atoms with Crippen LogP contribution >= 0.6 is 0 Å². The molecular weight excluding hydrogens is 218 g/mol. The lowest BCUT2D eigenvalue weighted by Gasteiger charge is -2.18. The molecule has 0 amide bonds. The molecule has 0 aliphatic carbocycles. The Labute approximate surface area is 103 Å². The Morgan fingerprint density at radius 3 is 2.65 bits per heavy atom. The van der Waals surface area contributed by atoms with Crippen molar-refractivity contribution in [2.75, 3.05) is 34.4 Å². The van der Waals surface area contributed by atoms with Crippen LogP contribution in [0.4, 0.5) is 0 Å². The number of methoxy groups -OCH3 is 2. The van der Waals surface area contributed by atoms with Gasteiger partial charge in [0, 0.05) is 25.8 Å². The van der Waals surface area contributed by atoms with E-state index in [0.29, 0.717) is 6.61 Å². The van der Waals surface area contributed by atoms with Crippen LogP contribution in [-0.2, 0) is 17.9 Å². The van der Waals surface area contributed by atoms with E-state index in [2.05, 4.69) is 4.90 Å². The van der Waals surface area contributed by atoms with Gasteiger partial charge in [0.05, 0.1) is 20.3 Å². The lowest BCUT2D eigenvalue weighted by molar-refractivity contribution is 0.158. The third-order valence-corrected chi connectivity index (χ3v) is 2.64. The summed E-state index contributed by atoms with van der Waals surface area (Å²) in [5.74, 6) is 0.853. The largest absolute Gasteiger partial charge is 0.496 e. The number of nitrogens with zero attached hydrogens (tertiary/aromatic N) is 1. The van der Waals surface area contributed by atoms with Gasteiger partial charge in [-0.15, -0.1) is 0 Å². The Balaban J connectivity index is 2.72. The average Bonchev–Trinajstić information content (AvgIpc) is 2.36. The molecule has 0 atom stereocenters.